The van der Waals surface area contributed by atoms with Crippen LogP contribution in [-0.4, -0.2) is 34.0 Å². The standard InChI is InChI=1S/C18H24N4O2/c23-16(19-8-14-21-10-1-2-11-21)18(6-5-7-18)17(24)20-9-15-22-12-3-4-13-22/h1-4,10-13H,5-9,14-15H2,(H,19,23)(H,20,24). The van der Waals surface area contributed by atoms with E-state index in [1.54, 1.807) is 0 Å². The molecule has 0 saturated heterocycles. The first-order chi connectivity index (χ1) is 11.7. The Hall–Kier alpha value is -2.50. The number of rotatable bonds is 8. The van der Waals surface area contributed by atoms with Gasteiger partial charge in [0, 0.05) is 51.0 Å². The first-order valence-corrected chi connectivity index (χ1v) is 8.49. The van der Waals surface area contributed by atoms with E-state index in [4.69, 9.17) is 0 Å². The molecule has 24 heavy (non-hydrogen) atoms. The van der Waals surface area contributed by atoms with Crippen molar-refractivity contribution in [3.8, 4) is 0 Å². The molecule has 3 rings (SSSR count). The molecule has 1 aliphatic rings. The molecule has 1 saturated carbocycles. The second-order valence-electron chi connectivity index (χ2n) is 6.29. The Bertz CT molecular complexity index is 603. The summed E-state index contributed by atoms with van der Waals surface area (Å²) in [5.41, 5.74) is -0.868. The molecule has 2 N–H and O–H groups in total. The Morgan fingerprint density at radius 1 is 0.792 bits per heavy atom. The Kier molecular flexibility index (Phi) is 5.03. The Labute approximate surface area is 141 Å². The summed E-state index contributed by atoms with van der Waals surface area (Å²) in [6.45, 7) is 2.49. The summed E-state index contributed by atoms with van der Waals surface area (Å²) in [6.07, 6.45) is 10.0. The summed E-state index contributed by atoms with van der Waals surface area (Å²) < 4.78 is 4.01. The molecular formula is C18H24N4O2. The first kappa shape index (κ1) is 16.4. The molecule has 0 spiro atoms. The van der Waals surface area contributed by atoms with Crippen LogP contribution in [0.15, 0.2) is 49.1 Å². The van der Waals surface area contributed by atoms with Crippen molar-refractivity contribution in [3.63, 3.8) is 0 Å². The maximum atomic E-state index is 12.5. The van der Waals surface area contributed by atoms with Crippen molar-refractivity contribution < 1.29 is 9.59 Å². The van der Waals surface area contributed by atoms with E-state index in [0.717, 1.165) is 6.42 Å². The first-order valence-electron chi connectivity index (χ1n) is 8.49. The largest absolute Gasteiger partial charge is 0.353 e. The van der Waals surface area contributed by atoms with Gasteiger partial charge in [-0.3, -0.25) is 9.59 Å². The van der Waals surface area contributed by atoms with E-state index in [1.165, 1.54) is 0 Å². The molecule has 0 unspecified atom stereocenters. The van der Waals surface area contributed by atoms with Crippen LogP contribution in [-0.2, 0) is 22.7 Å². The maximum Gasteiger partial charge on any atom is 0.235 e. The molecule has 2 aromatic heterocycles. The normalized spacial score (nSPS) is 15.5. The average Bonchev–Trinajstić information content (AvgIpc) is 3.19. The summed E-state index contributed by atoms with van der Waals surface area (Å²) in [5.74, 6) is -0.279. The predicted molar refractivity (Wildman–Crippen MR) is 91.2 cm³/mol. The minimum atomic E-state index is -0.868. The molecule has 0 aliphatic heterocycles. The summed E-state index contributed by atoms with van der Waals surface area (Å²) in [5, 5.41) is 5.85. The Morgan fingerprint density at radius 3 is 1.54 bits per heavy atom. The molecule has 0 aromatic carbocycles. The fraction of sp³-hybridized carbons (Fsp3) is 0.444. The van der Waals surface area contributed by atoms with Crippen LogP contribution in [0.1, 0.15) is 19.3 Å². The van der Waals surface area contributed by atoms with Crippen LogP contribution >= 0.6 is 0 Å². The van der Waals surface area contributed by atoms with Crippen molar-refractivity contribution in [2.24, 2.45) is 5.41 Å². The minimum Gasteiger partial charge on any atom is -0.353 e. The summed E-state index contributed by atoms with van der Waals surface area (Å²) in [6, 6.07) is 7.81. The lowest BCUT2D eigenvalue weighted by atomic mass is 9.67. The summed E-state index contributed by atoms with van der Waals surface area (Å²) >= 11 is 0. The number of hydrogen-bond acceptors (Lipinski definition) is 2. The molecule has 128 valence electrons. The van der Waals surface area contributed by atoms with Crippen molar-refractivity contribution in [1.82, 2.24) is 19.8 Å². The number of hydrogen-bond donors (Lipinski definition) is 2. The van der Waals surface area contributed by atoms with E-state index in [9.17, 15) is 9.59 Å². The van der Waals surface area contributed by atoms with Crippen LogP contribution in [0.2, 0.25) is 0 Å². The quantitative estimate of drug-likeness (QED) is 0.719. The minimum absolute atomic E-state index is 0.139. The molecule has 0 radical (unpaired) electrons. The third-order valence-corrected chi connectivity index (χ3v) is 4.72. The van der Waals surface area contributed by atoms with Gasteiger partial charge in [0.15, 0.2) is 0 Å². The Morgan fingerprint density at radius 2 is 1.21 bits per heavy atom. The zero-order valence-corrected chi connectivity index (χ0v) is 13.8. The van der Waals surface area contributed by atoms with Gasteiger partial charge in [0.2, 0.25) is 11.8 Å². The highest BCUT2D eigenvalue weighted by Gasteiger charge is 2.50. The number of nitrogens with zero attached hydrogens (tertiary/aromatic N) is 2. The fourth-order valence-corrected chi connectivity index (χ4v) is 3.06. The Balaban J connectivity index is 1.46. The lowest BCUT2D eigenvalue weighted by Gasteiger charge is -2.38. The predicted octanol–water partition coefficient (Wildman–Crippen LogP) is 1.39. The molecule has 0 bridgehead atoms. The molecule has 2 amide bonds. The van der Waals surface area contributed by atoms with Gasteiger partial charge in [-0.2, -0.15) is 0 Å². The highest BCUT2D eigenvalue weighted by molar-refractivity contribution is 6.05. The highest BCUT2D eigenvalue weighted by Crippen LogP contribution is 2.41. The lowest BCUT2D eigenvalue weighted by Crippen LogP contribution is -2.56. The van der Waals surface area contributed by atoms with E-state index in [-0.39, 0.29) is 11.8 Å². The van der Waals surface area contributed by atoms with E-state index >= 15 is 0 Å². The number of carbonyl (C=O) groups is 2. The smallest absolute Gasteiger partial charge is 0.235 e. The lowest BCUT2D eigenvalue weighted by molar-refractivity contribution is -0.149. The number of nitrogens with one attached hydrogen (secondary N) is 2. The van der Waals surface area contributed by atoms with Gasteiger partial charge in [0.1, 0.15) is 5.41 Å². The second kappa shape index (κ2) is 7.38. The molecule has 2 aromatic rings. The number of amides is 2. The second-order valence-corrected chi connectivity index (χ2v) is 6.29. The maximum absolute atomic E-state index is 12.5. The molecule has 1 aliphatic carbocycles. The number of carbonyl (C=O) groups excluding carboxylic acids is 2. The van der Waals surface area contributed by atoms with Crippen molar-refractivity contribution in [2.45, 2.75) is 32.4 Å². The van der Waals surface area contributed by atoms with Crippen LogP contribution in [0.3, 0.4) is 0 Å². The molecule has 6 nitrogen and oxygen atoms in total. The SMILES string of the molecule is O=C(NCCn1cccc1)C1(C(=O)NCCn2cccc2)CCC1. The van der Waals surface area contributed by atoms with Gasteiger partial charge in [-0.1, -0.05) is 6.42 Å². The third-order valence-electron chi connectivity index (χ3n) is 4.72. The van der Waals surface area contributed by atoms with E-state index in [0.29, 0.717) is 39.0 Å². The van der Waals surface area contributed by atoms with Gasteiger partial charge in [-0.25, -0.2) is 0 Å². The molecule has 1 fully saturated rings. The van der Waals surface area contributed by atoms with Crippen molar-refractivity contribution in [3.05, 3.63) is 49.1 Å². The zero-order valence-electron chi connectivity index (χ0n) is 13.8. The van der Waals surface area contributed by atoms with Gasteiger partial charge >= 0.3 is 0 Å². The van der Waals surface area contributed by atoms with Gasteiger partial charge in [0.05, 0.1) is 0 Å². The summed E-state index contributed by atoms with van der Waals surface area (Å²) in [7, 11) is 0. The zero-order chi connectivity index (χ0) is 16.8. The van der Waals surface area contributed by atoms with Crippen LogP contribution in [0.5, 0.6) is 0 Å². The summed E-state index contributed by atoms with van der Waals surface area (Å²) in [4.78, 5) is 25.0. The van der Waals surface area contributed by atoms with Crippen LogP contribution in [0, 0.1) is 5.41 Å². The molecular weight excluding hydrogens is 304 g/mol. The topological polar surface area (TPSA) is 68.1 Å². The van der Waals surface area contributed by atoms with Crippen LogP contribution in [0.4, 0.5) is 0 Å². The van der Waals surface area contributed by atoms with Gasteiger partial charge in [0.25, 0.3) is 0 Å². The van der Waals surface area contributed by atoms with Crippen molar-refractivity contribution in [1.29, 1.82) is 0 Å². The van der Waals surface area contributed by atoms with Gasteiger partial charge < -0.3 is 19.8 Å². The average molecular weight is 328 g/mol. The van der Waals surface area contributed by atoms with E-state index in [2.05, 4.69) is 10.6 Å². The fourth-order valence-electron chi connectivity index (χ4n) is 3.06. The molecule has 6 heteroatoms. The van der Waals surface area contributed by atoms with Crippen molar-refractivity contribution >= 4 is 11.8 Å². The number of aromatic nitrogens is 2. The van der Waals surface area contributed by atoms with Crippen LogP contribution < -0.4 is 10.6 Å². The van der Waals surface area contributed by atoms with Crippen molar-refractivity contribution in [2.75, 3.05) is 13.1 Å². The monoisotopic (exact) mass is 328 g/mol. The molecule has 2 heterocycles. The van der Waals surface area contributed by atoms with E-state index < -0.39 is 5.41 Å². The van der Waals surface area contributed by atoms with Gasteiger partial charge in [-0.05, 0) is 37.1 Å². The third kappa shape index (κ3) is 3.53. The highest BCUT2D eigenvalue weighted by atomic mass is 16.2. The van der Waals surface area contributed by atoms with Crippen LogP contribution in [0.25, 0.3) is 0 Å². The molecule has 0 atom stereocenters. The van der Waals surface area contributed by atoms with E-state index in [1.807, 2.05) is 58.2 Å². The van der Waals surface area contributed by atoms with Gasteiger partial charge in [-0.15, -0.1) is 0 Å².